The third-order valence-electron chi connectivity index (χ3n) is 2.85. The highest BCUT2D eigenvalue weighted by Gasteiger charge is 2.17. The zero-order valence-corrected chi connectivity index (χ0v) is 9.49. The van der Waals surface area contributed by atoms with Gasteiger partial charge in [-0.2, -0.15) is 0 Å². The minimum Gasteiger partial charge on any atom is -0.324 e. The topological polar surface area (TPSA) is 54.0 Å². The molecule has 16 heavy (non-hydrogen) atoms. The molecule has 0 aromatic carbocycles. The van der Waals surface area contributed by atoms with Crippen LogP contribution in [0.15, 0.2) is 18.3 Å². The first-order valence-electron chi connectivity index (χ1n) is 5.70. The minimum atomic E-state index is -0.00227. The Morgan fingerprint density at radius 2 is 2.31 bits per heavy atom. The number of anilines is 1. The number of nitrogens with one attached hydrogen (secondary N) is 2. The maximum atomic E-state index is 11.5. The monoisotopic (exact) mass is 219 g/mol. The first kappa shape index (κ1) is 11.1. The molecule has 0 aliphatic heterocycles. The highest BCUT2D eigenvalue weighted by atomic mass is 16.1. The molecule has 1 aliphatic carbocycles. The van der Waals surface area contributed by atoms with Crippen LogP contribution in [-0.2, 0) is 4.79 Å². The molecule has 4 heteroatoms. The molecule has 1 saturated carbocycles. The van der Waals surface area contributed by atoms with Gasteiger partial charge in [0.25, 0.3) is 0 Å². The van der Waals surface area contributed by atoms with Gasteiger partial charge in [0, 0.05) is 11.7 Å². The van der Waals surface area contributed by atoms with Crippen LogP contribution >= 0.6 is 0 Å². The molecule has 0 atom stereocenters. The number of nitrogens with zero attached hydrogens (tertiary/aromatic N) is 1. The lowest BCUT2D eigenvalue weighted by Crippen LogP contribution is -2.40. The van der Waals surface area contributed by atoms with Crippen molar-refractivity contribution in [2.75, 3.05) is 11.9 Å². The zero-order valence-electron chi connectivity index (χ0n) is 9.49. The Bertz CT molecular complexity index is 357. The molecule has 0 radical (unpaired) electrons. The van der Waals surface area contributed by atoms with Crippen molar-refractivity contribution in [1.29, 1.82) is 0 Å². The van der Waals surface area contributed by atoms with Gasteiger partial charge < -0.3 is 10.6 Å². The Kier molecular flexibility index (Phi) is 3.51. The van der Waals surface area contributed by atoms with Crippen molar-refractivity contribution in [2.45, 2.75) is 32.2 Å². The van der Waals surface area contributed by atoms with Crippen LogP contribution in [0.1, 0.15) is 25.0 Å². The van der Waals surface area contributed by atoms with E-state index in [-0.39, 0.29) is 5.91 Å². The van der Waals surface area contributed by atoms with Gasteiger partial charge in [0.05, 0.1) is 18.4 Å². The van der Waals surface area contributed by atoms with Crippen LogP contribution in [0.5, 0.6) is 0 Å². The summed E-state index contributed by atoms with van der Waals surface area (Å²) in [5.74, 6) is -0.00227. The largest absolute Gasteiger partial charge is 0.324 e. The number of aromatic nitrogens is 1. The van der Waals surface area contributed by atoms with E-state index >= 15 is 0 Å². The van der Waals surface area contributed by atoms with Gasteiger partial charge in [-0.15, -0.1) is 0 Å². The number of carbonyl (C=O) groups is 1. The molecule has 4 nitrogen and oxygen atoms in total. The molecule has 0 saturated heterocycles. The molecule has 1 amide bonds. The summed E-state index contributed by atoms with van der Waals surface area (Å²) in [4.78, 5) is 15.7. The number of hydrogen-bond donors (Lipinski definition) is 2. The average Bonchev–Trinajstić information content (AvgIpc) is 2.19. The first-order chi connectivity index (χ1) is 7.74. The molecule has 2 N–H and O–H groups in total. The van der Waals surface area contributed by atoms with E-state index in [1.807, 2.05) is 19.1 Å². The molecule has 1 heterocycles. The summed E-state index contributed by atoms with van der Waals surface area (Å²) in [7, 11) is 0. The van der Waals surface area contributed by atoms with Crippen LogP contribution in [0.3, 0.4) is 0 Å². The van der Waals surface area contributed by atoms with E-state index < -0.39 is 0 Å². The molecular formula is C12H17N3O. The summed E-state index contributed by atoms with van der Waals surface area (Å²) < 4.78 is 0. The maximum absolute atomic E-state index is 11.5. The van der Waals surface area contributed by atoms with Crippen LogP contribution in [-0.4, -0.2) is 23.5 Å². The van der Waals surface area contributed by atoms with Crippen LogP contribution in [0.4, 0.5) is 5.69 Å². The fraction of sp³-hybridized carbons (Fsp3) is 0.500. The number of carbonyl (C=O) groups excluding carboxylic acids is 1. The van der Waals surface area contributed by atoms with Crippen molar-refractivity contribution in [3.63, 3.8) is 0 Å². The average molecular weight is 219 g/mol. The van der Waals surface area contributed by atoms with Gasteiger partial charge in [-0.3, -0.25) is 9.78 Å². The number of rotatable bonds is 4. The summed E-state index contributed by atoms with van der Waals surface area (Å²) in [6, 6.07) is 4.29. The lowest BCUT2D eigenvalue weighted by molar-refractivity contribution is -0.115. The molecule has 1 fully saturated rings. The second kappa shape index (κ2) is 5.07. The summed E-state index contributed by atoms with van der Waals surface area (Å²) in [6.45, 7) is 2.31. The fourth-order valence-corrected chi connectivity index (χ4v) is 1.60. The molecule has 0 spiro atoms. The van der Waals surface area contributed by atoms with Crippen LogP contribution in [0.2, 0.25) is 0 Å². The predicted molar refractivity (Wildman–Crippen MR) is 63.2 cm³/mol. The quantitative estimate of drug-likeness (QED) is 0.806. The maximum Gasteiger partial charge on any atom is 0.238 e. The number of hydrogen-bond acceptors (Lipinski definition) is 3. The molecule has 1 aliphatic rings. The van der Waals surface area contributed by atoms with Gasteiger partial charge in [-0.05, 0) is 31.9 Å². The van der Waals surface area contributed by atoms with Crippen molar-refractivity contribution < 1.29 is 4.79 Å². The molecule has 1 aromatic heterocycles. The summed E-state index contributed by atoms with van der Waals surface area (Å²) in [6.07, 6.45) is 5.34. The number of aryl methyl sites for hydroxylation is 1. The van der Waals surface area contributed by atoms with Gasteiger partial charge in [-0.1, -0.05) is 6.42 Å². The number of amides is 1. The Morgan fingerprint density at radius 1 is 1.50 bits per heavy atom. The first-order valence-corrected chi connectivity index (χ1v) is 5.70. The van der Waals surface area contributed by atoms with E-state index in [0.29, 0.717) is 12.6 Å². The van der Waals surface area contributed by atoms with E-state index in [9.17, 15) is 4.79 Å². The standard InChI is InChI=1S/C12H17N3O/c1-9-5-6-11(7-13-9)15-12(16)8-14-10-3-2-4-10/h5-7,10,14H,2-4,8H2,1H3,(H,15,16). The molecule has 0 bridgehead atoms. The molecule has 2 rings (SSSR count). The smallest absolute Gasteiger partial charge is 0.238 e. The van der Waals surface area contributed by atoms with Crippen molar-refractivity contribution in [2.24, 2.45) is 0 Å². The Hall–Kier alpha value is -1.42. The SMILES string of the molecule is Cc1ccc(NC(=O)CNC2CCC2)cn1. The Labute approximate surface area is 95.5 Å². The molecule has 1 aromatic rings. The summed E-state index contributed by atoms with van der Waals surface area (Å²) in [5, 5.41) is 6.03. The highest BCUT2D eigenvalue weighted by Crippen LogP contribution is 2.17. The molecular weight excluding hydrogens is 202 g/mol. The zero-order chi connectivity index (χ0) is 11.4. The van der Waals surface area contributed by atoms with Crippen molar-refractivity contribution in [3.8, 4) is 0 Å². The minimum absolute atomic E-state index is 0.00227. The van der Waals surface area contributed by atoms with Gasteiger partial charge in [0.2, 0.25) is 5.91 Å². The third-order valence-corrected chi connectivity index (χ3v) is 2.85. The third kappa shape index (κ3) is 3.03. The van der Waals surface area contributed by atoms with E-state index in [1.165, 1.54) is 19.3 Å². The van der Waals surface area contributed by atoms with Gasteiger partial charge in [0.1, 0.15) is 0 Å². The van der Waals surface area contributed by atoms with E-state index in [0.717, 1.165) is 11.4 Å². The summed E-state index contributed by atoms with van der Waals surface area (Å²) in [5.41, 5.74) is 1.71. The van der Waals surface area contributed by atoms with E-state index in [4.69, 9.17) is 0 Å². The Morgan fingerprint density at radius 3 is 2.88 bits per heavy atom. The van der Waals surface area contributed by atoms with Crippen LogP contribution < -0.4 is 10.6 Å². The van der Waals surface area contributed by atoms with E-state index in [1.54, 1.807) is 6.20 Å². The van der Waals surface area contributed by atoms with Crippen LogP contribution in [0.25, 0.3) is 0 Å². The van der Waals surface area contributed by atoms with E-state index in [2.05, 4.69) is 15.6 Å². The fourth-order valence-electron chi connectivity index (χ4n) is 1.60. The van der Waals surface area contributed by atoms with Crippen molar-refractivity contribution in [3.05, 3.63) is 24.0 Å². The Balaban J connectivity index is 1.75. The highest BCUT2D eigenvalue weighted by molar-refractivity contribution is 5.92. The molecule has 0 unspecified atom stereocenters. The summed E-state index contributed by atoms with van der Waals surface area (Å²) >= 11 is 0. The molecule has 86 valence electrons. The second-order valence-corrected chi connectivity index (χ2v) is 4.25. The second-order valence-electron chi connectivity index (χ2n) is 4.25. The van der Waals surface area contributed by atoms with Crippen molar-refractivity contribution in [1.82, 2.24) is 10.3 Å². The van der Waals surface area contributed by atoms with Gasteiger partial charge >= 0.3 is 0 Å². The normalized spacial score (nSPS) is 15.6. The lowest BCUT2D eigenvalue weighted by atomic mass is 9.93. The van der Waals surface area contributed by atoms with Gasteiger partial charge in [-0.25, -0.2) is 0 Å². The number of pyridine rings is 1. The van der Waals surface area contributed by atoms with Crippen LogP contribution in [0, 0.1) is 6.92 Å². The van der Waals surface area contributed by atoms with Gasteiger partial charge in [0.15, 0.2) is 0 Å². The van der Waals surface area contributed by atoms with Crippen molar-refractivity contribution >= 4 is 11.6 Å². The lowest BCUT2D eigenvalue weighted by Gasteiger charge is -2.26. The predicted octanol–water partition coefficient (Wildman–Crippen LogP) is 1.47.